The number of hydrogen-bond donors (Lipinski definition) is 1. The van der Waals surface area contributed by atoms with E-state index in [9.17, 15) is 4.79 Å². The van der Waals surface area contributed by atoms with Gasteiger partial charge in [0.2, 0.25) is 5.91 Å². The van der Waals surface area contributed by atoms with Gasteiger partial charge in [0.1, 0.15) is 0 Å². The van der Waals surface area contributed by atoms with Crippen LogP contribution >= 0.6 is 0 Å². The fourth-order valence-electron chi connectivity index (χ4n) is 4.13. The zero-order chi connectivity index (χ0) is 20.3. The predicted molar refractivity (Wildman–Crippen MR) is 112 cm³/mol. The van der Waals surface area contributed by atoms with Crippen molar-refractivity contribution in [3.05, 3.63) is 23.9 Å². The van der Waals surface area contributed by atoms with Crippen molar-refractivity contribution in [2.45, 2.75) is 45.4 Å². The molecule has 1 aromatic carbocycles. The Morgan fingerprint density at radius 3 is 2.32 bits per heavy atom. The minimum atomic E-state index is 0.142. The third-order valence-electron chi connectivity index (χ3n) is 5.91. The number of anilines is 1. The van der Waals surface area contributed by atoms with Crippen LogP contribution in [0.25, 0.3) is 10.9 Å². The minimum Gasteiger partial charge on any atom is -0.493 e. The lowest BCUT2D eigenvalue weighted by atomic mass is 9.90. The monoisotopic (exact) mass is 385 g/mol. The number of likely N-dealkylation sites (tertiary alicyclic amines) is 1. The quantitative estimate of drug-likeness (QED) is 0.814. The number of amides is 1. The van der Waals surface area contributed by atoms with E-state index in [1.165, 1.54) is 0 Å². The fourth-order valence-corrected chi connectivity index (χ4v) is 4.13. The summed E-state index contributed by atoms with van der Waals surface area (Å²) >= 11 is 0. The van der Waals surface area contributed by atoms with Gasteiger partial charge in [0.25, 0.3) is 0 Å². The Bertz CT molecular complexity index is 841. The Morgan fingerprint density at radius 1 is 1.14 bits per heavy atom. The summed E-state index contributed by atoms with van der Waals surface area (Å²) in [6.07, 6.45) is 3.59. The molecule has 0 bridgehead atoms. The van der Waals surface area contributed by atoms with E-state index in [0.717, 1.165) is 55.4 Å². The first-order chi connectivity index (χ1) is 13.5. The van der Waals surface area contributed by atoms with Crippen LogP contribution in [0.4, 0.5) is 5.69 Å². The van der Waals surface area contributed by atoms with Crippen LogP contribution in [-0.4, -0.2) is 43.1 Å². The molecule has 3 rings (SSSR count). The molecule has 1 aliphatic heterocycles. The molecule has 2 aromatic rings. The fraction of sp³-hybridized carbons (Fsp3) is 0.545. The lowest BCUT2D eigenvalue weighted by Gasteiger charge is -2.34. The van der Waals surface area contributed by atoms with Crippen LogP contribution in [0.15, 0.2) is 18.2 Å². The summed E-state index contributed by atoms with van der Waals surface area (Å²) in [4.78, 5) is 19.5. The van der Waals surface area contributed by atoms with E-state index in [-0.39, 0.29) is 11.8 Å². The van der Waals surface area contributed by atoms with Crippen molar-refractivity contribution in [1.82, 2.24) is 9.88 Å². The molecule has 0 aliphatic carbocycles. The highest BCUT2D eigenvalue weighted by atomic mass is 16.5. The van der Waals surface area contributed by atoms with E-state index < -0.39 is 0 Å². The summed E-state index contributed by atoms with van der Waals surface area (Å²) in [5.41, 5.74) is 8.82. The van der Waals surface area contributed by atoms with Crippen LogP contribution in [0, 0.1) is 5.92 Å². The molecule has 1 fully saturated rings. The molecule has 152 valence electrons. The second kappa shape index (κ2) is 8.67. The van der Waals surface area contributed by atoms with Gasteiger partial charge in [-0.1, -0.05) is 13.8 Å². The van der Waals surface area contributed by atoms with Crippen LogP contribution in [0.5, 0.6) is 11.5 Å². The summed E-state index contributed by atoms with van der Waals surface area (Å²) in [7, 11) is 3.24. The topological polar surface area (TPSA) is 77.7 Å². The maximum atomic E-state index is 12.6. The number of carbonyl (C=O) groups excluding carboxylic acids is 1. The first-order valence-corrected chi connectivity index (χ1v) is 10.1. The smallest absolute Gasteiger partial charge is 0.225 e. The molecule has 0 atom stereocenters. The number of hydrogen-bond acceptors (Lipinski definition) is 5. The van der Waals surface area contributed by atoms with Gasteiger partial charge in [0, 0.05) is 36.4 Å². The Balaban J connectivity index is 1.81. The number of benzene rings is 1. The highest BCUT2D eigenvalue weighted by molar-refractivity contribution is 5.86. The number of methoxy groups -OCH3 is 2. The SMILES string of the molecule is CCC(CC)C(=O)N1CCC(c2nc3cc(OC)c(OC)cc3cc2N)CC1. The average Bonchev–Trinajstić information content (AvgIpc) is 2.73. The van der Waals surface area contributed by atoms with Crippen molar-refractivity contribution in [2.24, 2.45) is 5.92 Å². The lowest BCUT2D eigenvalue weighted by molar-refractivity contribution is -0.136. The third kappa shape index (κ3) is 3.86. The molecular formula is C22H31N3O3. The van der Waals surface area contributed by atoms with Crippen molar-refractivity contribution in [1.29, 1.82) is 0 Å². The van der Waals surface area contributed by atoms with E-state index in [1.807, 2.05) is 23.1 Å². The maximum Gasteiger partial charge on any atom is 0.225 e. The first-order valence-electron chi connectivity index (χ1n) is 10.1. The standard InChI is InChI=1S/C22H31N3O3/c1-5-14(6-2)22(26)25-9-7-15(8-10-25)21-17(23)11-16-12-19(27-3)20(28-4)13-18(16)24-21/h11-15H,5-10,23H2,1-4H3. The number of piperidine rings is 1. The number of ether oxygens (including phenoxy) is 2. The number of nitrogens with zero attached hydrogens (tertiary/aromatic N) is 2. The van der Waals surface area contributed by atoms with Crippen molar-refractivity contribution in [2.75, 3.05) is 33.0 Å². The molecule has 1 aliphatic rings. The average molecular weight is 386 g/mol. The Hall–Kier alpha value is -2.50. The molecule has 0 saturated carbocycles. The number of nitrogens with two attached hydrogens (primary N) is 1. The van der Waals surface area contributed by atoms with Gasteiger partial charge in [-0.25, -0.2) is 0 Å². The predicted octanol–water partition coefficient (Wildman–Crippen LogP) is 3.98. The summed E-state index contributed by atoms with van der Waals surface area (Å²) < 4.78 is 10.8. The number of nitrogen functional groups attached to an aromatic ring is 1. The van der Waals surface area contributed by atoms with E-state index in [1.54, 1.807) is 14.2 Å². The van der Waals surface area contributed by atoms with E-state index in [2.05, 4.69) is 13.8 Å². The second-order valence-electron chi connectivity index (χ2n) is 7.48. The van der Waals surface area contributed by atoms with Crippen LogP contribution in [0.1, 0.15) is 51.1 Å². The number of pyridine rings is 1. The van der Waals surface area contributed by atoms with Gasteiger partial charge < -0.3 is 20.1 Å². The summed E-state index contributed by atoms with van der Waals surface area (Å²) in [6, 6.07) is 5.75. The van der Waals surface area contributed by atoms with Crippen molar-refractivity contribution >= 4 is 22.5 Å². The molecule has 2 N–H and O–H groups in total. The molecule has 0 radical (unpaired) electrons. The zero-order valence-corrected chi connectivity index (χ0v) is 17.3. The normalized spacial score (nSPS) is 15.2. The van der Waals surface area contributed by atoms with Crippen LogP contribution in [-0.2, 0) is 4.79 Å². The Labute approximate surface area is 167 Å². The van der Waals surface area contributed by atoms with Gasteiger partial charge in [-0.15, -0.1) is 0 Å². The van der Waals surface area contributed by atoms with E-state index in [4.69, 9.17) is 20.2 Å². The molecule has 1 saturated heterocycles. The first kappa shape index (κ1) is 20.2. The number of aromatic nitrogens is 1. The minimum absolute atomic E-state index is 0.142. The number of fused-ring (bicyclic) bond motifs is 1. The van der Waals surface area contributed by atoms with E-state index >= 15 is 0 Å². The maximum absolute atomic E-state index is 12.6. The molecule has 2 heterocycles. The van der Waals surface area contributed by atoms with Crippen molar-refractivity contribution in [3.8, 4) is 11.5 Å². The Kier molecular flexibility index (Phi) is 6.27. The molecule has 6 heteroatoms. The van der Waals surface area contributed by atoms with Crippen molar-refractivity contribution in [3.63, 3.8) is 0 Å². The molecule has 28 heavy (non-hydrogen) atoms. The van der Waals surface area contributed by atoms with Gasteiger partial charge in [0.15, 0.2) is 11.5 Å². The molecule has 6 nitrogen and oxygen atoms in total. The largest absolute Gasteiger partial charge is 0.493 e. The molecular weight excluding hydrogens is 354 g/mol. The molecule has 1 amide bonds. The van der Waals surface area contributed by atoms with Crippen molar-refractivity contribution < 1.29 is 14.3 Å². The number of carbonyl (C=O) groups is 1. The molecule has 1 aromatic heterocycles. The summed E-state index contributed by atoms with van der Waals surface area (Å²) in [5, 5.41) is 0.931. The zero-order valence-electron chi connectivity index (χ0n) is 17.3. The highest BCUT2D eigenvalue weighted by Gasteiger charge is 2.28. The number of rotatable bonds is 6. The summed E-state index contributed by atoms with van der Waals surface area (Å²) in [6.45, 7) is 5.71. The molecule has 0 spiro atoms. The van der Waals surface area contributed by atoms with Crippen LogP contribution in [0.2, 0.25) is 0 Å². The highest BCUT2D eigenvalue weighted by Crippen LogP contribution is 2.36. The second-order valence-corrected chi connectivity index (χ2v) is 7.48. The molecule has 0 unspecified atom stereocenters. The lowest BCUT2D eigenvalue weighted by Crippen LogP contribution is -2.41. The Morgan fingerprint density at radius 2 is 1.75 bits per heavy atom. The summed E-state index contributed by atoms with van der Waals surface area (Å²) in [5.74, 6) is 2.02. The van der Waals surface area contributed by atoms with Gasteiger partial charge in [-0.05, 0) is 37.8 Å². The third-order valence-corrected chi connectivity index (χ3v) is 5.91. The van der Waals surface area contributed by atoms with Crippen LogP contribution in [0.3, 0.4) is 0 Å². The van der Waals surface area contributed by atoms with Gasteiger partial charge in [0.05, 0.1) is 31.1 Å². The van der Waals surface area contributed by atoms with Gasteiger partial charge in [-0.3, -0.25) is 9.78 Å². The van der Waals surface area contributed by atoms with Crippen LogP contribution < -0.4 is 15.2 Å². The van der Waals surface area contributed by atoms with E-state index in [0.29, 0.717) is 23.1 Å². The van der Waals surface area contributed by atoms with Gasteiger partial charge in [-0.2, -0.15) is 0 Å². The van der Waals surface area contributed by atoms with Gasteiger partial charge >= 0.3 is 0 Å².